The third-order valence-electron chi connectivity index (χ3n) is 4.21. The van der Waals surface area contributed by atoms with Gasteiger partial charge in [-0.05, 0) is 39.8 Å². The Bertz CT molecular complexity index is 994. The van der Waals surface area contributed by atoms with E-state index in [0.29, 0.717) is 11.4 Å². The van der Waals surface area contributed by atoms with Crippen LogP contribution in [0.25, 0.3) is 0 Å². The molecule has 2 aromatic carbocycles. The maximum absolute atomic E-state index is 13.1. The Labute approximate surface area is 158 Å². The van der Waals surface area contributed by atoms with Crippen molar-refractivity contribution in [3.8, 4) is 11.5 Å². The summed E-state index contributed by atoms with van der Waals surface area (Å²) in [6.45, 7) is 7.05. The number of nitro benzene ring substituents is 1. The Morgan fingerprint density at radius 2 is 1.70 bits per heavy atom. The number of fused-ring (bicyclic) bond motifs is 2. The zero-order valence-corrected chi connectivity index (χ0v) is 16.3. The van der Waals surface area contributed by atoms with Gasteiger partial charge >= 0.3 is 0 Å². The highest BCUT2D eigenvalue weighted by molar-refractivity contribution is 7.89. The monoisotopic (exact) mass is 391 g/mol. The zero-order valence-electron chi connectivity index (χ0n) is 15.5. The first kappa shape index (κ1) is 19.1. The predicted octanol–water partition coefficient (Wildman–Crippen LogP) is 4.25. The number of nitrogens with one attached hydrogen (secondary N) is 1. The van der Waals surface area contributed by atoms with E-state index in [1.165, 1.54) is 10.4 Å². The van der Waals surface area contributed by atoms with Crippen LogP contribution in [-0.2, 0) is 10.0 Å². The summed E-state index contributed by atoms with van der Waals surface area (Å²) in [5.74, 6) is 0.576. The summed E-state index contributed by atoms with van der Waals surface area (Å²) in [5.41, 5.74) is 0.362. The molecule has 0 unspecified atom stereocenters. The van der Waals surface area contributed by atoms with Crippen LogP contribution >= 0.6 is 0 Å². The molecule has 8 nitrogen and oxygen atoms in total. The van der Waals surface area contributed by atoms with Gasteiger partial charge in [-0.25, -0.2) is 8.42 Å². The fourth-order valence-corrected chi connectivity index (χ4v) is 5.13. The summed E-state index contributed by atoms with van der Waals surface area (Å²) in [4.78, 5) is 10.8. The second kappa shape index (κ2) is 6.82. The maximum atomic E-state index is 13.1. The first-order valence-electron chi connectivity index (χ1n) is 8.52. The number of nitro groups is 1. The lowest BCUT2D eigenvalue weighted by Gasteiger charge is -2.30. The number of hydrogen-bond acceptors (Lipinski definition) is 6. The highest BCUT2D eigenvalue weighted by Crippen LogP contribution is 2.47. The van der Waals surface area contributed by atoms with Crippen LogP contribution in [0.15, 0.2) is 41.3 Å². The molecule has 0 saturated heterocycles. The van der Waals surface area contributed by atoms with Crippen LogP contribution in [0, 0.1) is 10.1 Å². The van der Waals surface area contributed by atoms with Crippen molar-refractivity contribution >= 4 is 27.1 Å². The van der Waals surface area contributed by atoms with Crippen molar-refractivity contribution in [3.05, 3.63) is 46.5 Å². The fraction of sp³-hybridized carbons (Fsp3) is 0.333. The molecule has 9 heteroatoms. The maximum Gasteiger partial charge on any atom is 0.297 e. The highest BCUT2D eigenvalue weighted by Gasteiger charge is 2.34. The molecule has 3 rings (SSSR count). The number of benzene rings is 2. The standard InChI is InChI=1S/C18H21N3O5S/c1-11(2)20(12(3)4)27(24,25)13-9-15(21(22)23)18-17(10-13)26-16-8-6-5-7-14(16)19-18/h5-12,19H,1-4H3. The molecule has 0 radical (unpaired) electrons. The molecular formula is C18H21N3O5S. The van der Waals surface area contributed by atoms with E-state index >= 15 is 0 Å². The van der Waals surface area contributed by atoms with Crippen molar-refractivity contribution in [2.24, 2.45) is 0 Å². The largest absolute Gasteiger partial charge is 0.453 e. The minimum Gasteiger partial charge on any atom is -0.453 e. The SMILES string of the molecule is CC(C)N(C(C)C)S(=O)(=O)c1cc2c(c([N+](=O)[O-])c1)Nc1ccccc1O2. The number of nitrogens with zero attached hydrogens (tertiary/aromatic N) is 2. The molecule has 0 atom stereocenters. The van der Waals surface area contributed by atoms with Crippen molar-refractivity contribution in [3.63, 3.8) is 0 Å². The van der Waals surface area contributed by atoms with Crippen LogP contribution in [-0.4, -0.2) is 29.7 Å². The van der Waals surface area contributed by atoms with Gasteiger partial charge in [0.1, 0.15) is 0 Å². The number of ether oxygens (including phenoxy) is 1. The summed E-state index contributed by atoms with van der Waals surface area (Å²) >= 11 is 0. The number of hydrogen-bond donors (Lipinski definition) is 1. The van der Waals surface area contributed by atoms with E-state index in [4.69, 9.17) is 4.74 Å². The number of rotatable bonds is 5. The number of anilines is 2. The highest BCUT2D eigenvalue weighted by atomic mass is 32.2. The summed E-state index contributed by atoms with van der Waals surface area (Å²) in [5, 5.41) is 14.6. The van der Waals surface area contributed by atoms with Crippen molar-refractivity contribution in [1.82, 2.24) is 4.31 Å². The van der Waals surface area contributed by atoms with Gasteiger partial charge < -0.3 is 10.1 Å². The lowest BCUT2D eigenvalue weighted by molar-refractivity contribution is -0.384. The fourth-order valence-electron chi connectivity index (χ4n) is 3.26. The molecule has 0 bridgehead atoms. The third-order valence-corrected chi connectivity index (χ3v) is 6.44. The van der Waals surface area contributed by atoms with Gasteiger partial charge in [-0.1, -0.05) is 12.1 Å². The zero-order chi connectivity index (χ0) is 19.9. The quantitative estimate of drug-likeness (QED) is 0.515. The second-order valence-electron chi connectivity index (χ2n) is 6.82. The van der Waals surface area contributed by atoms with Crippen molar-refractivity contribution in [2.45, 2.75) is 44.7 Å². The van der Waals surface area contributed by atoms with Gasteiger partial charge in [-0.2, -0.15) is 4.31 Å². The molecule has 1 aliphatic rings. The molecule has 144 valence electrons. The van der Waals surface area contributed by atoms with Gasteiger partial charge in [0.25, 0.3) is 5.69 Å². The Kier molecular flexibility index (Phi) is 4.83. The van der Waals surface area contributed by atoms with E-state index in [1.807, 2.05) is 0 Å². The van der Waals surface area contributed by atoms with Crippen LogP contribution in [0.3, 0.4) is 0 Å². The van der Waals surface area contributed by atoms with Gasteiger partial charge in [-0.3, -0.25) is 10.1 Å². The molecule has 1 heterocycles. The molecular weight excluding hydrogens is 370 g/mol. The van der Waals surface area contributed by atoms with Crippen LogP contribution < -0.4 is 10.1 Å². The van der Waals surface area contributed by atoms with Crippen LogP contribution in [0.2, 0.25) is 0 Å². The Hall–Kier alpha value is -2.65. The molecule has 0 aliphatic carbocycles. The summed E-state index contributed by atoms with van der Waals surface area (Å²) in [7, 11) is -3.95. The van der Waals surface area contributed by atoms with E-state index < -0.39 is 14.9 Å². The molecule has 0 amide bonds. The normalized spacial score (nSPS) is 13.1. The minimum absolute atomic E-state index is 0.105. The first-order chi connectivity index (χ1) is 12.6. The number of sulfonamides is 1. The van der Waals surface area contributed by atoms with Gasteiger partial charge in [0.05, 0.1) is 15.5 Å². The van der Waals surface area contributed by atoms with Gasteiger partial charge in [-0.15, -0.1) is 0 Å². The van der Waals surface area contributed by atoms with Crippen molar-refractivity contribution in [2.75, 3.05) is 5.32 Å². The smallest absolute Gasteiger partial charge is 0.297 e. The summed E-state index contributed by atoms with van der Waals surface area (Å²) in [6, 6.07) is 8.77. The lowest BCUT2D eigenvalue weighted by Crippen LogP contribution is -2.41. The van der Waals surface area contributed by atoms with Crippen LogP contribution in [0.4, 0.5) is 17.1 Å². The molecule has 2 aromatic rings. The predicted molar refractivity (Wildman–Crippen MR) is 102 cm³/mol. The van der Waals surface area contributed by atoms with E-state index in [-0.39, 0.29) is 34.1 Å². The van der Waals surface area contributed by atoms with E-state index in [2.05, 4.69) is 5.32 Å². The minimum atomic E-state index is -3.95. The summed E-state index contributed by atoms with van der Waals surface area (Å²) in [6.07, 6.45) is 0. The molecule has 0 spiro atoms. The first-order valence-corrected chi connectivity index (χ1v) is 9.96. The lowest BCUT2D eigenvalue weighted by atomic mass is 10.2. The molecule has 27 heavy (non-hydrogen) atoms. The van der Waals surface area contributed by atoms with E-state index in [0.717, 1.165) is 6.07 Å². The topological polar surface area (TPSA) is 102 Å². The molecule has 1 N–H and O–H groups in total. The Morgan fingerprint density at radius 1 is 1.07 bits per heavy atom. The molecule has 1 aliphatic heterocycles. The van der Waals surface area contributed by atoms with Gasteiger partial charge in [0.15, 0.2) is 17.2 Å². The van der Waals surface area contributed by atoms with Crippen LogP contribution in [0.5, 0.6) is 11.5 Å². The molecule has 0 aromatic heterocycles. The van der Waals surface area contributed by atoms with Crippen molar-refractivity contribution in [1.29, 1.82) is 0 Å². The average Bonchev–Trinajstić information content (AvgIpc) is 2.57. The summed E-state index contributed by atoms with van der Waals surface area (Å²) < 4.78 is 33.4. The van der Waals surface area contributed by atoms with Gasteiger partial charge in [0.2, 0.25) is 10.0 Å². The average molecular weight is 391 g/mol. The second-order valence-corrected chi connectivity index (χ2v) is 8.66. The Balaban J connectivity index is 2.18. The van der Waals surface area contributed by atoms with Gasteiger partial charge in [0, 0.05) is 24.2 Å². The third kappa shape index (κ3) is 3.35. The number of para-hydroxylation sites is 2. The van der Waals surface area contributed by atoms with E-state index in [1.54, 1.807) is 52.0 Å². The molecule has 0 saturated carbocycles. The molecule has 0 fully saturated rings. The van der Waals surface area contributed by atoms with E-state index in [9.17, 15) is 18.5 Å². The Morgan fingerprint density at radius 3 is 2.30 bits per heavy atom. The van der Waals surface area contributed by atoms with Crippen molar-refractivity contribution < 1.29 is 18.1 Å². The van der Waals surface area contributed by atoms with Crippen LogP contribution in [0.1, 0.15) is 27.7 Å².